The van der Waals surface area contributed by atoms with Crippen LogP contribution in [0.3, 0.4) is 0 Å². The summed E-state index contributed by atoms with van der Waals surface area (Å²) in [4.78, 5) is 10.7. The highest BCUT2D eigenvalue weighted by molar-refractivity contribution is 9.10. The molecule has 2 rings (SSSR count). The Labute approximate surface area is 122 Å². The van der Waals surface area contributed by atoms with Gasteiger partial charge >= 0.3 is 5.97 Å². The average molecular weight is 335 g/mol. The Bertz CT molecular complexity index is 726. The van der Waals surface area contributed by atoms with Gasteiger partial charge < -0.3 is 10.4 Å². The standard InChI is InChI=1S/C14H8BrFN2O2/c15-10-2-1-3-12(9(10)7-17)18-13-5-4-8(14(19)20)6-11(13)16/h1-6,18H,(H,19,20). The number of nitriles is 1. The Morgan fingerprint density at radius 2 is 2.05 bits per heavy atom. The van der Waals surface area contributed by atoms with Crippen molar-refractivity contribution in [2.45, 2.75) is 0 Å². The number of carboxylic acid groups (broad SMARTS) is 1. The summed E-state index contributed by atoms with van der Waals surface area (Å²) in [6.07, 6.45) is 0. The van der Waals surface area contributed by atoms with Crippen LogP contribution in [0.5, 0.6) is 0 Å². The zero-order chi connectivity index (χ0) is 14.7. The summed E-state index contributed by atoms with van der Waals surface area (Å²) in [6, 6.07) is 10.6. The van der Waals surface area contributed by atoms with Crippen LogP contribution >= 0.6 is 15.9 Å². The highest BCUT2D eigenvalue weighted by Gasteiger charge is 2.11. The van der Waals surface area contributed by atoms with Crippen LogP contribution in [0, 0.1) is 17.1 Å². The highest BCUT2D eigenvalue weighted by Crippen LogP contribution is 2.28. The van der Waals surface area contributed by atoms with Gasteiger partial charge in [-0.1, -0.05) is 6.07 Å². The molecule has 0 unspecified atom stereocenters. The first-order valence-corrected chi connectivity index (χ1v) is 6.30. The number of hydrogen-bond acceptors (Lipinski definition) is 3. The molecule has 6 heteroatoms. The van der Waals surface area contributed by atoms with E-state index >= 15 is 0 Å². The first-order valence-electron chi connectivity index (χ1n) is 5.51. The van der Waals surface area contributed by atoms with Crippen LogP contribution in [0.1, 0.15) is 15.9 Å². The molecule has 0 saturated carbocycles. The fourth-order valence-electron chi connectivity index (χ4n) is 1.64. The van der Waals surface area contributed by atoms with Gasteiger partial charge in [-0.3, -0.25) is 0 Å². The van der Waals surface area contributed by atoms with Crippen LogP contribution in [0.2, 0.25) is 0 Å². The Kier molecular flexibility index (Phi) is 4.01. The number of halogens is 2. The molecule has 100 valence electrons. The zero-order valence-corrected chi connectivity index (χ0v) is 11.6. The molecule has 0 aliphatic rings. The number of carbonyl (C=O) groups is 1. The maximum Gasteiger partial charge on any atom is 0.335 e. The number of carboxylic acids is 1. The minimum Gasteiger partial charge on any atom is -0.478 e. The lowest BCUT2D eigenvalue weighted by atomic mass is 10.1. The molecule has 2 aromatic rings. The zero-order valence-electron chi connectivity index (χ0n) is 10.0. The van der Waals surface area contributed by atoms with E-state index in [0.717, 1.165) is 6.07 Å². The highest BCUT2D eigenvalue weighted by atomic mass is 79.9. The van der Waals surface area contributed by atoms with E-state index < -0.39 is 11.8 Å². The monoisotopic (exact) mass is 334 g/mol. The lowest BCUT2D eigenvalue weighted by Gasteiger charge is -2.10. The van der Waals surface area contributed by atoms with E-state index in [2.05, 4.69) is 21.2 Å². The van der Waals surface area contributed by atoms with Crippen molar-refractivity contribution < 1.29 is 14.3 Å². The number of nitrogens with zero attached hydrogens (tertiary/aromatic N) is 1. The van der Waals surface area contributed by atoms with Gasteiger partial charge in [0.15, 0.2) is 0 Å². The van der Waals surface area contributed by atoms with Crippen molar-refractivity contribution in [3.8, 4) is 6.07 Å². The molecule has 0 saturated heterocycles. The number of anilines is 2. The third-order valence-electron chi connectivity index (χ3n) is 2.61. The molecule has 0 fully saturated rings. The van der Waals surface area contributed by atoms with Crippen molar-refractivity contribution in [3.63, 3.8) is 0 Å². The van der Waals surface area contributed by atoms with Gasteiger partial charge in [0.2, 0.25) is 0 Å². The first-order chi connectivity index (χ1) is 9.52. The van der Waals surface area contributed by atoms with E-state index in [1.54, 1.807) is 18.2 Å². The fourth-order valence-corrected chi connectivity index (χ4v) is 2.09. The molecular weight excluding hydrogens is 327 g/mol. The van der Waals surface area contributed by atoms with Crippen molar-refractivity contribution in [2.75, 3.05) is 5.32 Å². The molecule has 2 N–H and O–H groups in total. The second-order valence-corrected chi connectivity index (χ2v) is 4.75. The summed E-state index contributed by atoms with van der Waals surface area (Å²) >= 11 is 3.24. The van der Waals surface area contributed by atoms with Gasteiger partial charge in [-0.15, -0.1) is 0 Å². The van der Waals surface area contributed by atoms with Gasteiger partial charge in [-0.25, -0.2) is 9.18 Å². The summed E-state index contributed by atoms with van der Waals surface area (Å²) in [7, 11) is 0. The predicted octanol–water partition coefficient (Wildman–Crippen LogP) is 3.90. The van der Waals surface area contributed by atoms with Gasteiger partial charge in [0.1, 0.15) is 11.9 Å². The summed E-state index contributed by atoms with van der Waals surface area (Å²) in [6.45, 7) is 0. The Morgan fingerprint density at radius 1 is 1.30 bits per heavy atom. The molecule has 4 nitrogen and oxygen atoms in total. The van der Waals surface area contributed by atoms with Crippen LogP contribution < -0.4 is 5.32 Å². The molecule has 0 aromatic heterocycles. The van der Waals surface area contributed by atoms with E-state index in [4.69, 9.17) is 10.4 Å². The van der Waals surface area contributed by atoms with E-state index in [9.17, 15) is 9.18 Å². The van der Waals surface area contributed by atoms with Gasteiger partial charge in [-0.05, 0) is 46.3 Å². The third kappa shape index (κ3) is 2.78. The largest absolute Gasteiger partial charge is 0.478 e. The Morgan fingerprint density at radius 3 is 2.65 bits per heavy atom. The minimum atomic E-state index is -1.20. The Hall–Kier alpha value is -2.39. The van der Waals surface area contributed by atoms with Crippen molar-refractivity contribution in [3.05, 3.63) is 57.8 Å². The van der Waals surface area contributed by atoms with Gasteiger partial charge in [0, 0.05) is 4.47 Å². The SMILES string of the molecule is N#Cc1c(Br)cccc1Nc1ccc(C(=O)O)cc1F. The topological polar surface area (TPSA) is 73.1 Å². The summed E-state index contributed by atoms with van der Waals surface area (Å²) in [5.41, 5.74) is 0.741. The van der Waals surface area contributed by atoms with Gasteiger partial charge in [-0.2, -0.15) is 5.26 Å². The van der Waals surface area contributed by atoms with Gasteiger partial charge in [0.05, 0.1) is 22.5 Å². The van der Waals surface area contributed by atoms with Crippen molar-refractivity contribution in [1.82, 2.24) is 0 Å². The molecule has 0 amide bonds. The van der Waals surface area contributed by atoms with Crippen molar-refractivity contribution in [2.24, 2.45) is 0 Å². The molecule has 0 heterocycles. The number of hydrogen-bond donors (Lipinski definition) is 2. The summed E-state index contributed by atoms with van der Waals surface area (Å²) < 4.78 is 14.4. The first kappa shape index (κ1) is 14.0. The second kappa shape index (κ2) is 5.72. The summed E-state index contributed by atoms with van der Waals surface area (Å²) in [5.74, 6) is -1.90. The normalized spacial score (nSPS) is 9.85. The predicted molar refractivity (Wildman–Crippen MR) is 75.5 cm³/mol. The Balaban J connectivity index is 2.39. The van der Waals surface area contributed by atoms with Crippen LogP contribution in [0.25, 0.3) is 0 Å². The van der Waals surface area contributed by atoms with Crippen molar-refractivity contribution >= 4 is 33.3 Å². The molecule has 0 radical (unpaired) electrons. The third-order valence-corrected chi connectivity index (χ3v) is 3.27. The average Bonchev–Trinajstić information content (AvgIpc) is 2.41. The maximum absolute atomic E-state index is 13.8. The van der Waals surface area contributed by atoms with Crippen LogP contribution in [0.4, 0.5) is 15.8 Å². The molecule has 0 aliphatic heterocycles. The molecule has 20 heavy (non-hydrogen) atoms. The number of nitrogens with one attached hydrogen (secondary N) is 1. The van der Waals surface area contributed by atoms with Crippen molar-refractivity contribution in [1.29, 1.82) is 5.26 Å². The van der Waals surface area contributed by atoms with Gasteiger partial charge in [0.25, 0.3) is 0 Å². The molecule has 2 aromatic carbocycles. The minimum absolute atomic E-state index is 0.101. The molecule has 0 bridgehead atoms. The molecule has 0 atom stereocenters. The number of benzene rings is 2. The molecule has 0 aliphatic carbocycles. The van der Waals surface area contributed by atoms with E-state index in [1.165, 1.54) is 12.1 Å². The summed E-state index contributed by atoms with van der Waals surface area (Å²) in [5, 5.41) is 20.6. The number of rotatable bonds is 3. The second-order valence-electron chi connectivity index (χ2n) is 3.90. The fraction of sp³-hybridized carbons (Fsp3) is 0. The van der Waals surface area contributed by atoms with E-state index in [-0.39, 0.29) is 11.3 Å². The molecular formula is C14H8BrFN2O2. The number of aromatic carboxylic acids is 1. The van der Waals surface area contributed by atoms with Crippen LogP contribution in [0.15, 0.2) is 40.9 Å². The lowest BCUT2D eigenvalue weighted by molar-refractivity contribution is 0.0696. The van der Waals surface area contributed by atoms with Crippen LogP contribution in [-0.2, 0) is 0 Å². The van der Waals surface area contributed by atoms with E-state index in [0.29, 0.717) is 15.7 Å². The van der Waals surface area contributed by atoms with E-state index in [1.807, 2.05) is 6.07 Å². The maximum atomic E-state index is 13.8. The lowest BCUT2D eigenvalue weighted by Crippen LogP contribution is -2.01. The van der Waals surface area contributed by atoms with Crippen LogP contribution in [-0.4, -0.2) is 11.1 Å². The quantitative estimate of drug-likeness (QED) is 0.892. The molecule has 0 spiro atoms. The smallest absolute Gasteiger partial charge is 0.335 e.